The van der Waals surface area contributed by atoms with Crippen LogP contribution in [0.3, 0.4) is 0 Å². The quantitative estimate of drug-likeness (QED) is 0.657. The van der Waals surface area contributed by atoms with Crippen molar-refractivity contribution in [3.8, 4) is 10.7 Å². The molecule has 9 nitrogen and oxygen atoms in total. The second-order valence-electron chi connectivity index (χ2n) is 5.57. The minimum atomic E-state index is -1.82. The van der Waals surface area contributed by atoms with Gasteiger partial charge in [0, 0.05) is 25.2 Å². The molecule has 1 aliphatic heterocycles. The highest BCUT2D eigenvalue weighted by atomic mass is 32.1. The van der Waals surface area contributed by atoms with Gasteiger partial charge in [0.05, 0.1) is 23.3 Å². The molecule has 0 radical (unpaired) electrons. The molecule has 1 aliphatic rings. The van der Waals surface area contributed by atoms with Crippen LogP contribution in [0.25, 0.3) is 10.7 Å². The molecule has 26 heavy (non-hydrogen) atoms. The smallest absolute Gasteiger partial charge is 0.414 e. The zero-order chi connectivity index (χ0) is 18.5. The molecule has 0 aliphatic carbocycles. The van der Waals surface area contributed by atoms with Gasteiger partial charge in [-0.15, -0.1) is 11.3 Å². The highest BCUT2D eigenvalue weighted by molar-refractivity contribution is 7.13. The second kappa shape index (κ2) is 7.93. The van der Waals surface area contributed by atoms with E-state index in [2.05, 4.69) is 15.0 Å². The van der Waals surface area contributed by atoms with Crippen LogP contribution < -0.4 is 0 Å². The van der Waals surface area contributed by atoms with E-state index in [1.807, 2.05) is 23.6 Å². The van der Waals surface area contributed by atoms with Gasteiger partial charge in [0.2, 0.25) is 11.7 Å². The number of carboxylic acid groups (broad SMARTS) is 2. The molecule has 0 amide bonds. The Labute approximate surface area is 151 Å². The number of nitrogens with zero attached hydrogens (tertiary/aromatic N) is 3. The van der Waals surface area contributed by atoms with Crippen LogP contribution in [0.5, 0.6) is 0 Å². The fraction of sp³-hybridized carbons (Fsp3) is 0.250. The van der Waals surface area contributed by atoms with Gasteiger partial charge in [-0.1, -0.05) is 11.2 Å². The van der Waals surface area contributed by atoms with Crippen LogP contribution in [-0.4, -0.2) is 50.3 Å². The Balaban J connectivity index is 0.000000286. The second-order valence-corrected chi connectivity index (χ2v) is 6.51. The maximum Gasteiger partial charge on any atom is 0.414 e. The number of carbonyl (C=O) groups is 2. The van der Waals surface area contributed by atoms with Crippen LogP contribution in [0.15, 0.2) is 45.0 Å². The van der Waals surface area contributed by atoms with Gasteiger partial charge in [-0.25, -0.2) is 9.59 Å². The van der Waals surface area contributed by atoms with Gasteiger partial charge in [0.15, 0.2) is 0 Å². The van der Waals surface area contributed by atoms with E-state index in [0.29, 0.717) is 11.7 Å². The fourth-order valence-corrected chi connectivity index (χ4v) is 3.05. The number of carboxylic acids is 2. The van der Waals surface area contributed by atoms with E-state index in [1.54, 1.807) is 23.9 Å². The van der Waals surface area contributed by atoms with Crippen LogP contribution in [0.4, 0.5) is 0 Å². The normalized spacial score (nSPS) is 14.3. The van der Waals surface area contributed by atoms with E-state index in [0.717, 1.165) is 30.4 Å². The predicted octanol–water partition coefficient (Wildman–Crippen LogP) is 2.15. The van der Waals surface area contributed by atoms with Gasteiger partial charge in [-0.2, -0.15) is 4.98 Å². The van der Waals surface area contributed by atoms with Crippen molar-refractivity contribution in [2.24, 2.45) is 0 Å². The van der Waals surface area contributed by atoms with Crippen molar-refractivity contribution < 1.29 is 28.7 Å². The Morgan fingerprint density at radius 1 is 1.27 bits per heavy atom. The van der Waals surface area contributed by atoms with Crippen molar-refractivity contribution in [1.29, 1.82) is 0 Å². The van der Waals surface area contributed by atoms with Gasteiger partial charge in [0.1, 0.15) is 0 Å². The lowest BCUT2D eigenvalue weighted by molar-refractivity contribution is -0.159. The first kappa shape index (κ1) is 17.8. The Bertz CT molecular complexity index is 841. The van der Waals surface area contributed by atoms with Crippen molar-refractivity contribution >= 4 is 23.3 Å². The molecule has 3 aromatic heterocycles. The summed E-state index contributed by atoms with van der Waals surface area (Å²) in [4.78, 5) is 26.1. The van der Waals surface area contributed by atoms with Crippen molar-refractivity contribution in [3.63, 3.8) is 0 Å². The number of aromatic nitrogens is 2. The van der Waals surface area contributed by atoms with E-state index in [9.17, 15) is 0 Å². The van der Waals surface area contributed by atoms with Crippen molar-refractivity contribution in [3.05, 3.63) is 47.6 Å². The van der Waals surface area contributed by atoms with E-state index in [1.165, 1.54) is 5.56 Å². The molecule has 0 spiro atoms. The lowest BCUT2D eigenvalue weighted by atomic mass is 10.00. The molecule has 0 saturated carbocycles. The number of likely N-dealkylation sites (tertiary alicyclic amines) is 1. The van der Waals surface area contributed by atoms with Gasteiger partial charge in [0.25, 0.3) is 0 Å². The summed E-state index contributed by atoms with van der Waals surface area (Å²) in [5, 5.41) is 20.9. The zero-order valence-electron chi connectivity index (χ0n) is 13.4. The van der Waals surface area contributed by atoms with Crippen molar-refractivity contribution in [2.45, 2.75) is 12.5 Å². The Hall–Kier alpha value is -2.98. The zero-order valence-corrected chi connectivity index (χ0v) is 14.3. The first-order chi connectivity index (χ1) is 12.5. The summed E-state index contributed by atoms with van der Waals surface area (Å²) in [6.45, 7) is 2.83. The number of rotatable bonds is 4. The first-order valence-corrected chi connectivity index (χ1v) is 8.48. The molecule has 1 saturated heterocycles. The molecule has 10 heteroatoms. The largest absolute Gasteiger partial charge is 0.473 e. The van der Waals surface area contributed by atoms with E-state index in [4.69, 9.17) is 28.7 Å². The molecule has 3 aromatic rings. The highest BCUT2D eigenvalue weighted by Gasteiger charge is 2.32. The summed E-state index contributed by atoms with van der Waals surface area (Å²) in [6.07, 6.45) is 3.49. The minimum Gasteiger partial charge on any atom is -0.473 e. The van der Waals surface area contributed by atoms with Crippen molar-refractivity contribution in [2.75, 3.05) is 13.1 Å². The molecule has 4 heterocycles. The molecule has 4 rings (SSSR count). The Kier molecular flexibility index (Phi) is 5.44. The van der Waals surface area contributed by atoms with Crippen LogP contribution >= 0.6 is 11.3 Å². The minimum absolute atomic E-state index is 0.350. The van der Waals surface area contributed by atoms with E-state index < -0.39 is 11.9 Å². The molecule has 136 valence electrons. The Morgan fingerprint density at radius 3 is 2.62 bits per heavy atom. The molecule has 0 bridgehead atoms. The topological polar surface area (TPSA) is 130 Å². The highest BCUT2D eigenvalue weighted by Crippen LogP contribution is 2.29. The summed E-state index contributed by atoms with van der Waals surface area (Å²) >= 11 is 1.62. The molecular formula is C16H15N3O6S. The number of thiophene rings is 1. The summed E-state index contributed by atoms with van der Waals surface area (Å²) < 4.78 is 10.5. The third-order valence-corrected chi connectivity index (χ3v) is 4.52. The van der Waals surface area contributed by atoms with E-state index in [-0.39, 0.29) is 0 Å². The molecule has 0 unspecified atom stereocenters. The van der Waals surface area contributed by atoms with E-state index >= 15 is 0 Å². The first-order valence-electron chi connectivity index (χ1n) is 7.60. The molecule has 1 fully saturated rings. The number of hydrogen-bond acceptors (Lipinski definition) is 8. The average Bonchev–Trinajstić information content (AvgIpc) is 3.31. The third-order valence-electron chi connectivity index (χ3n) is 3.66. The number of hydrogen-bond donors (Lipinski definition) is 2. The van der Waals surface area contributed by atoms with Gasteiger partial charge >= 0.3 is 11.9 Å². The maximum absolute atomic E-state index is 9.10. The van der Waals surface area contributed by atoms with Crippen molar-refractivity contribution in [1.82, 2.24) is 15.0 Å². The predicted molar refractivity (Wildman–Crippen MR) is 89.6 cm³/mol. The van der Waals surface area contributed by atoms with Gasteiger partial charge in [-0.05, 0) is 17.5 Å². The molecule has 0 aromatic carbocycles. The summed E-state index contributed by atoms with van der Waals surface area (Å²) in [5.41, 5.74) is 1.20. The number of aliphatic carboxylic acids is 2. The standard InChI is InChI=1S/C14H13N3O2S.C2H2O4/c1-2-12(20-5-1)13-15-14(19-16-13)11-7-17(8-11)6-10-3-4-18-9-10;3-1(4)2(5)6/h1-5,9,11H,6-8H2;(H,3,4)(H,5,6). The molecular weight excluding hydrogens is 362 g/mol. The van der Waals surface area contributed by atoms with Gasteiger partial charge in [-0.3, -0.25) is 4.90 Å². The van der Waals surface area contributed by atoms with Crippen LogP contribution in [0.2, 0.25) is 0 Å². The summed E-state index contributed by atoms with van der Waals surface area (Å²) in [6, 6.07) is 5.99. The lowest BCUT2D eigenvalue weighted by Gasteiger charge is -2.36. The number of furan rings is 1. The van der Waals surface area contributed by atoms with Crippen LogP contribution in [0, 0.1) is 0 Å². The van der Waals surface area contributed by atoms with Crippen LogP contribution in [-0.2, 0) is 16.1 Å². The maximum atomic E-state index is 9.10. The summed E-state index contributed by atoms with van der Waals surface area (Å²) in [5.74, 6) is -1.85. The average molecular weight is 377 g/mol. The fourth-order valence-electron chi connectivity index (χ4n) is 2.40. The van der Waals surface area contributed by atoms with Gasteiger partial charge < -0.3 is 19.2 Å². The lowest BCUT2D eigenvalue weighted by Crippen LogP contribution is -2.44. The SMILES string of the molecule is O=C(O)C(=O)O.c1csc(-c2noc(C3CN(Cc4ccoc4)C3)n2)c1. The Morgan fingerprint density at radius 2 is 2.04 bits per heavy atom. The third kappa shape index (κ3) is 4.35. The van der Waals surface area contributed by atoms with Crippen LogP contribution in [0.1, 0.15) is 17.4 Å². The molecule has 0 atom stereocenters. The summed E-state index contributed by atoms with van der Waals surface area (Å²) in [7, 11) is 0. The molecule has 2 N–H and O–H groups in total. The monoisotopic (exact) mass is 377 g/mol.